The van der Waals surface area contributed by atoms with Gasteiger partial charge in [0.05, 0.1) is 6.07 Å². The minimum Gasteiger partial charge on any atom is -0.301 e. The second kappa shape index (κ2) is 7.25. The summed E-state index contributed by atoms with van der Waals surface area (Å²) in [6, 6.07) is 5.25. The summed E-state index contributed by atoms with van der Waals surface area (Å²) in [4.78, 5) is 0.366. The van der Waals surface area contributed by atoms with E-state index < -0.39 is 11.6 Å². The van der Waals surface area contributed by atoms with E-state index in [9.17, 15) is 8.78 Å². The molecule has 1 aromatic carbocycles. The number of nitrogens with zero attached hydrogens (tertiary/aromatic N) is 1. The predicted octanol–water partition coefficient (Wildman–Crippen LogP) is 2.95. The predicted molar refractivity (Wildman–Crippen MR) is 64.8 cm³/mol. The molecule has 0 heterocycles. The molecule has 5 heteroatoms. The van der Waals surface area contributed by atoms with Crippen LogP contribution in [0.25, 0.3) is 0 Å². The molecule has 0 aromatic heterocycles. The third-order valence-corrected chi connectivity index (χ3v) is 3.24. The van der Waals surface area contributed by atoms with Crippen LogP contribution >= 0.6 is 11.8 Å². The molecule has 0 aliphatic carbocycles. The van der Waals surface area contributed by atoms with Crippen LogP contribution in [0.5, 0.6) is 0 Å². The molecule has 0 radical (unpaired) electrons. The van der Waals surface area contributed by atoms with E-state index in [-0.39, 0.29) is 6.04 Å². The molecule has 0 saturated carbocycles. The van der Waals surface area contributed by atoms with Crippen LogP contribution < -0.4 is 5.32 Å². The van der Waals surface area contributed by atoms with E-state index in [1.165, 1.54) is 23.9 Å². The summed E-state index contributed by atoms with van der Waals surface area (Å²) >= 11 is 1.21. The second-order valence-corrected chi connectivity index (χ2v) is 4.58. The molecule has 1 atom stereocenters. The fourth-order valence-corrected chi connectivity index (χ4v) is 2.13. The van der Waals surface area contributed by atoms with Crippen molar-refractivity contribution in [1.29, 1.82) is 5.26 Å². The van der Waals surface area contributed by atoms with Crippen molar-refractivity contribution in [2.45, 2.75) is 24.3 Å². The van der Waals surface area contributed by atoms with Crippen molar-refractivity contribution in [1.82, 2.24) is 5.32 Å². The SMILES string of the molecule is CCCNC(C#N)CSc1ccc(F)cc1F. The Labute approximate surface area is 104 Å². The normalized spacial score (nSPS) is 12.1. The lowest BCUT2D eigenvalue weighted by molar-refractivity contribution is 0.565. The van der Waals surface area contributed by atoms with Gasteiger partial charge in [0.15, 0.2) is 0 Å². The zero-order valence-electron chi connectivity index (χ0n) is 9.54. The summed E-state index contributed by atoms with van der Waals surface area (Å²) in [7, 11) is 0. The van der Waals surface area contributed by atoms with Gasteiger partial charge in [-0.2, -0.15) is 5.26 Å². The van der Waals surface area contributed by atoms with E-state index in [2.05, 4.69) is 11.4 Å². The van der Waals surface area contributed by atoms with Crippen LogP contribution in [0, 0.1) is 23.0 Å². The molecule has 17 heavy (non-hydrogen) atoms. The van der Waals surface area contributed by atoms with Gasteiger partial charge >= 0.3 is 0 Å². The first-order valence-electron chi connectivity index (χ1n) is 5.38. The Morgan fingerprint density at radius 1 is 1.47 bits per heavy atom. The molecule has 1 N–H and O–H groups in total. The molecule has 2 nitrogen and oxygen atoms in total. The smallest absolute Gasteiger partial charge is 0.139 e. The van der Waals surface area contributed by atoms with Crippen molar-refractivity contribution in [3.8, 4) is 6.07 Å². The highest BCUT2D eigenvalue weighted by Crippen LogP contribution is 2.22. The van der Waals surface area contributed by atoms with Crippen molar-refractivity contribution in [2.24, 2.45) is 0 Å². The molecule has 92 valence electrons. The number of hydrogen-bond donors (Lipinski definition) is 1. The fourth-order valence-electron chi connectivity index (χ4n) is 1.23. The average molecular weight is 256 g/mol. The summed E-state index contributed by atoms with van der Waals surface area (Å²) in [5.74, 6) is -0.728. The lowest BCUT2D eigenvalue weighted by atomic mass is 10.3. The van der Waals surface area contributed by atoms with Crippen LogP contribution in [0.4, 0.5) is 8.78 Å². The number of rotatable bonds is 6. The Bertz CT molecular complexity index is 404. The molecule has 0 amide bonds. The molecule has 0 bridgehead atoms. The molecular formula is C12H14F2N2S. The summed E-state index contributed by atoms with van der Waals surface area (Å²) < 4.78 is 26.0. The van der Waals surface area contributed by atoms with E-state index in [0.717, 1.165) is 19.0 Å². The van der Waals surface area contributed by atoms with Gasteiger partial charge in [0.1, 0.15) is 17.7 Å². The van der Waals surface area contributed by atoms with Crippen LogP contribution in [-0.4, -0.2) is 18.3 Å². The van der Waals surface area contributed by atoms with Crippen molar-refractivity contribution in [2.75, 3.05) is 12.3 Å². The van der Waals surface area contributed by atoms with Crippen molar-refractivity contribution in [3.05, 3.63) is 29.8 Å². The van der Waals surface area contributed by atoms with Gasteiger partial charge in [-0.3, -0.25) is 0 Å². The number of nitriles is 1. The monoisotopic (exact) mass is 256 g/mol. The number of halogens is 2. The van der Waals surface area contributed by atoms with E-state index in [4.69, 9.17) is 5.26 Å². The Morgan fingerprint density at radius 3 is 2.82 bits per heavy atom. The molecule has 1 rings (SSSR count). The number of benzene rings is 1. The van der Waals surface area contributed by atoms with Gasteiger partial charge in [-0.05, 0) is 25.1 Å². The summed E-state index contributed by atoms with van der Waals surface area (Å²) in [6.45, 7) is 2.76. The third-order valence-electron chi connectivity index (χ3n) is 2.10. The lowest BCUT2D eigenvalue weighted by Crippen LogP contribution is -2.30. The number of nitrogens with one attached hydrogen (secondary N) is 1. The number of thioether (sulfide) groups is 1. The van der Waals surface area contributed by atoms with Crippen LogP contribution in [-0.2, 0) is 0 Å². The second-order valence-electron chi connectivity index (χ2n) is 3.52. The van der Waals surface area contributed by atoms with Gasteiger partial charge < -0.3 is 5.32 Å². The van der Waals surface area contributed by atoms with Crippen molar-refractivity contribution in [3.63, 3.8) is 0 Å². The van der Waals surface area contributed by atoms with Crippen molar-refractivity contribution >= 4 is 11.8 Å². The summed E-state index contributed by atoms with van der Waals surface area (Å²) in [6.07, 6.45) is 0.938. The Morgan fingerprint density at radius 2 is 2.24 bits per heavy atom. The number of hydrogen-bond acceptors (Lipinski definition) is 3. The lowest BCUT2D eigenvalue weighted by Gasteiger charge is -2.10. The van der Waals surface area contributed by atoms with Gasteiger partial charge in [0, 0.05) is 16.7 Å². The molecule has 0 fully saturated rings. The molecule has 0 saturated heterocycles. The fraction of sp³-hybridized carbons (Fsp3) is 0.417. The zero-order chi connectivity index (χ0) is 12.7. The van der Waals surface area contributed by atoms with Gasteiger partial charge in [0.2, 0.25) is 0 Å². The standard InChI is InChI=1S/C12H14F2N2S/c1-2-5-16-10(7-15)8-17-12-4-3-9(13)6-11(12)14/h3-4,6,10,16H,2,5,8H2,1H3. The molecule has 1 aromatic rings. The maximum absolute atomic E-state index is 13.3. The Hall–Kier alpha value is -1.12. The van der Waals surface area contributed by atoms with E-state index in [1.807, 2.05) is 6.92 Å². The maximum Gasteiger partial charge on any atom is 0.139 e. The highest BCUT2D eigenvalue weighted by molar-refractivity contribution is 7.99. The van der Waals surface area contributed by atoms with Crippen molar-refractivity contribution < 1.29 is 8.78 Å². The minimum absolute atomic E-state index is 0.315. The molecule has 1 unspecified atom stereocenters. The topological polar surface area (TPSA) is 35.8 Å². The highest BCUT2D eigenvalue weighted by Gasteiger charge is 2.09. The van der Waals surface area contributed by atoms with Gasteiger partial charge in [-0.25, -0.2) is 8.78 Å². The highest BCUT2D eigenvalue weighted by atomic mass is 32.2. The molecular weight excluding hydrogens is 242 g/mol. The van der Waals surface area contributed by atoms with Crippen LogP contribution in [0.3, 0.4) is 0 Å². The Kier molecular flexibility index (Phi) is 5.95. The van der Waals surface area contributed by atoms with E-state index in [0.29, 0.717) is 10.6 Å². The first-order chi connectivity index (χ1) is 8.17. The van der Waals surface area contributed by atoms with Gasteiger partial charge in [0.25, 0.3) is 0 Å². The summed E-state index contributed by atoms with van der Waals surface area (Å²) in [5.41, 5.74) is 0. The largest absolute Gasteiger partial charge is 0.301 e. The zero-order valence-corrected chi connectivity index (χ0v) is 10.4. The maximum atomic E-state index is 13.3. The first kappa shape index (κ1) is 13.9. The third kappa shape index (κ3) is 4.72. The van der Waals surface area contributed by atoms with Gasteiger partial charge in [-0.15, -0.1) is 11.8 Å². The molecule has 0 aliphatic heterocycles. The van der Waals surface area contributed by atoms with Crippen LogP contribution in [0.1, 0.15) is 13.3 Å². The van der Waals surface area contributed by atoms with Crippen LogP contribution in [0.2, 0.25) is 0 Å². The van der Waals surface area contributed by atoms with Gasteiger partial charge in [-0.1, -0.05) is 6.92 Å². The molecule has 0 aliphatic rings. The average Bonchev–Trinajstić information content (AvgIpc) is 2.31. The quantitative estimate of drug-likeness (QED) is 0.795. The van der Waals surface area contributed by atoms with E-state index in [1.54, 1.807) is 0 Å². The minimum atomic E-state index is -0.590. The summed E-state index contributed by atoms with van der Waals surface area (Å²) in [5, 5.41) is 11.9. The Balaban J connectivity index is 2.51. The van der Waals surface area contributed by atoms with Crippen LogP contribution in [0.15, 0.2) is 23.1 Å². The molecule has 0 spiro atoms. The van der Waals surface area contributed by atoms with E-state index >= 15 is 0 Å². The first-order valence-corrected chi connectivity index (χ1v) is 6.36.